The second-order valence-corrected chi connectivity index (χ2v) is 13.4. The van der Waals surface area contributed by atoms with Crippen LogP contribution in [0.3, 0.4) is 0 Å². The molecule has 250 valence electrons. The fourth-order valence-electron chi connectivity index (χ4n) is 9.00. The molecule has 13 heteroatoms. The van der Waals surface area contributed by atoms with Crippen LogP contribution in [-0.4, -0.2) is 100 Å². The Hall–Kier alpha value is -2.84. The van der Waals surface area contributed by atoms with Crippen LogP contribution in [0.5, 0.6) is 0 Å². The van der Waals surface area contributed by atoms with Gasteiger partial charge in [0.05, 0.1) is 25.7 Å². The molecule has 3 aliphatic carbocycles. The standard InChI is InChI=1S/C32H44O13/c1-15(2)16(3)9-21(34)45-24-26-31-12-43-32(26,29(37)40-8)27(42-14-39-7)23(41-13-38-6)25(31)30(5)11-19(33)22(35)17(4)18(30)10-20(31)44-28(24)36/h9,15,18,20,23-27,35H,10-14H2,1-8H3/b16-9+/t18-,20+,23+,24+,25+,26+,27-,30-,31+,32-/m0/s1. The van der Waals surface area contributed by atoms with Gasteiger partial charge in [-0.05, 0) is 43.1 Å². The molecule has 10 atom stereocenters. The van der Waals surface area contributed by atoms with Gasteiger partial charge in [0, 0.05) is 38.0 Å². The molecule has 0 aromatic carbocycles. The highest BCUT2D eigenvalue weighted by Crippen LogP contribution is 2.73. The van der Waals surface area contributed by atoms with E-state index in [9.17, 15) is 24.3 Å². The topological polar surface area (TPSA) is 162 Å². The lowest BCUT2D eigenvalue weighted by Crippen LogP contribution is -2.80. The monoisotopic (exact) mass is 636 g/mol. The Morgan fingerprint density at radius 3 is 2.38 bits per heavy atom. The summed E-state index contributed by atoms with van der Waals surface area (Å²) in [6.07, 6.45) is -3.21. The number of rotatable bonds is 10. The molecule has 2 saturated carbocycles. The van der Waals surface area contributed by atoms with Gasteiger partial charge in [0.15, 0.2) is 11.5 Å². The lowest BCUT2D eigenvalue weighted by Gasteiger charge is -2.68. The first-order chi connectivity index (χ1) is 21.3. The number of ketones is 1. The fraction of sp³-hybridized carbons (Fsp3) is 0.750. The molecule has 13 nitrogen and oxygen atoms in total. The highest BCUT2D eigenvalue weighted by molar-refractivity contribution is 5.95. The minimum atomic E-state index is -2.00. The summed E-state index contributed by atoms with van der Waals surface area (Å²) in [6, 6.07) is 0. The van der Waals surface area contributed by atoms with Gasteiger partial charge in [-0.3, -0.25) is 4.79 Å². The lowest BCUT2D eigenvalue weighted by atomic mass is 9.38. The van der Waals surface area contributed by atoms with E-state index in [2.05, 4.69) is 0 Å². The van der Waals surface area contributed by atoms with Crippen LogP contribution in [0.15, 0.2) is 23.0 Å². The molecule has 1 N–H and O–H groups in total. The van der Waals surface area contributed by atoms with E-state index in [0.717, 1.165) is 5.57 Å². The first-order valence-corrected chi connectivity index (χ1v) is 15.2. The van der Waals surface area contributed by atoms with Crippen molar-refractivity contribution >= 4 is 23.7 Å². The van der Waals surface area contributed by atoms with E-state index in [-0.39, 0.29) is 44.7 Å². The van der Waals surface area contributed by atoms with Gasteiger partial charge in [-0.15, -0.1) is 0 Å². The maximum absolute atomic E-state index is 14.1. The highest BCUT2D eigenvalue weighted by atomic mass is 16.7. The van der Waals surface area contributed by atoms with Crippen molar-refractivity contribution in [2.45, 2.75) is 77.5 Å². The van der Waals surface area contributed by atoms with Gasteiger partial charge < -0.3 is 43.0 Å². The molecule has 2 aliphatic heterocycles. The average molecular weight is 637 g/mol. The zero-order valence-corrected chi connectivity index (χ0v) is 27.1. The molecule has 0 amide bonds. The predicted molar refractivity (Wildman–Crippen MR) is 153 cm³/mol. The second kappa shape index (κ2) is 12.1. The average Bonchev–Trinajstić information content (AvgIpc) is 3.28. The second-order valence-electron chi connectivity index (χ2n) is 13.4. The lowest BCUT2D eigenvalue weighted by molar-refractivity contribution is -0.315. The van der Waals surface area contributed by atoms with Crippen molar-refractivity contribution < 1.29 is 62.2 Å². The van der Waals surface area contributed by atoms with E-state index in [1.54, 1.807) is 13.8 Å². The van der Waals surface area contributed by atoms with Gasteiger partial charge >= 0.3 is 17.9 Å². The molecule has 0 radical (unpaired) electrons. The fourth-order valence-corrected chi connectivity index (χ4v) is 9.00. The van der Waals surface area contributed by atoms with Crippen LogP contribution in [0.2, 0.25) is 0 Å². The Morgan fingerprint density at radius 1 is 1.09 bits per heavy atom. The minimum Gasteiger partial charge on any atom is -0.504 e. The third kappa shape index (κ3) is 4.76. The number of hydrogen-bond donors (Lipinski definition) is 1. The van der Waals surface area contributed by atoms with E-state index < -0.39 is 82.3 Å². The zero-order chi connectivity index (χ0) is 33.1. The number of carbonyl (C=O) groups is 4. The first kappa shape index (κ1) is 33.5. The minimum absolute atomic E-state index is 0.0381. The van der Waals surface area contributed by atoms with Crippen molar-refractivity contribution in [1.82, 2.24) is 0 Å². The third-order valence-electron chi connectivity index (χ3n) is 11.0. The first-order valence-electron chi connectivity index (χ1n) is 15.2. The molecule has 0 aromatic heterocycles. The van der Waals surface area contributed by atoms with Crippen LogP contribution in [0.25, 0.3) is 0 Å². The number of hydrogen-bond acceptors (Lipinski definition) is 13. The number of carbonyl (C=O) groups excluding carboxylic acids is 4. The molecular weight excluding hydrogens is 592 g/mol. The summed E-state index contributed by atoms with van der Waals surface area (Å²) < 4.78 is 47.1. The molecule has 0 unspecified atom stereocenters. The maximum Gasteiger partial charge on any atom is 0.348 e. The Bertz CT molecular complexity index is 1300. The summed E-state index contributed by atoms with van der Waals surface area (Å²) in [4.78, 5) is 54.6. The van der Waals surface area contributed by atoms with E-state index in [1.165, 1.54) is 27.4 Å². The van der Waals surface area contributed by atoms with Gasteiger partial charge in [0.1, 0.15) is 25.8 Å². The van der Waals surface area contributed by atoms with E-state index >= 15 is 0 Å². The molecule has 2 bridgehead atoms. The van der Waals surface area contributed by atoms with Crippen molar-refractivity contribution in [2.24, 2.45) is 34.5 Å². The van der Waals surface area contributed by atoms with Crippen molar-refractivity contribution in [3.63, 3.8) is 0 Å². The van der Waals surface area contributed by atoms with E-state index in [1.807, 2.05) is 20.8 Å². The summed E-state index contributed by atoms with van der Waals surface area (Å²) in [5.41, 5.74) is -2.90. The van der Waals surface area contributed by atoms with Crippen LogP contribution in [0, 0.1) is 34.5 Å². The van der Waals surface area contributed by atoms with Crippen molar-refractivity contribution in [3.8, 4) is 0 Å². The highest BCUT2D eigenvalue weighted by Gasteiger charge is 2.86. The van der Waals surface area contributed by atoms with Crippen molar-refractivity contribution in [3.05, 3.63) is 23.0 Å². The Labute approximate surface area is 262 Å². The summed E-state index contributed by atoms with van der Waals surface area (Å²) in [5.74, 6) is -5.44. The Morgan fingerprint density at radius 2 is 1.76 bits per heavy atom. The molecule has 5 aliphatic rings. The number of Topliss-reactive ketones (excluding diaryl/α,β-unsaturated/α-hetero) is 1. The smallest absolute Gasteiger partial charge is 0.348 e. The number of aliphatic hydroxyl groups is 1. The molecule has 4 fully saturated rings. The van der Waals surface area contributed by atoms with Gasteiger partial charge in [-0.2, -0.15) is 0 Å². The molecule has 2 saturated heterocycles. The quantitative estimate of drug-likeness (QED) is 0.161. The van der Waals surface area contributed by atoms with Crippen LogP contribution >= 0.6 is 0 Å². The van der Waals surface area contributed by atoms with Crippen LogP contribution < -0.4 is 0 Å². The number of allylic oxidation sites excluding steroid dienone is 3. The van der Waals surface area contributed by atoms with Crippen molar-refractivity contribution in [1.29, 1.82) is 0 Å². The third-order valence-corrected chi connectivity index (χ3v) is 11.0. The molecule has 45 heavy (non-hydrogen) atoms. The molecule has 1 spiro atoms. The normalized spacial score (nSPS) is 40.6. The molecular formula is C32H44O13. The zero-order valence-electron chi connectivity index (χ0n) is 27.1. The van der Waals surface area contributed by atoms with Gasteiger partial charge in [0.25, 0.3) is 0 Å². The largest absolute Gasteiger partial charge is 0.504 e. The van der Waals surface area contributed by atoms with Gasteiger partial charge in [-0.25, -0.2) is 14.4 Å². The number of fused-ring (bicyclic) bond motifs is 2. The summed E-state index contributed by atoms with van der Waals surface area (Å²) in [7, 11) is 4.05. The number of aliphatic hydroxyl groups excluding tert-OH is 1. The molecule has 2 heterocycles. The number of ether oxygens (including phenoxy) is 8. The Kier molecular flexibility index (Phi) is 8.99. The molecule has 5 rings (SSSR count). The summed E-state index contributed by atoms with van der Waals surface area (Å²) in [6.45, 7) is 8.63. The molecule has 0 aromatic rings. The van der Waals surface area contributed by atoms with Crippen LogP contribution in [0.4, 0.5) is 0 Å². The van der Waals surface area contributed by atoms with E-state index in [0.29, 0.717) is 5.57 Å². The number of esters is 3. The summed E-state index contributed by atoms with van der Waals surface area (Å²) >= 11 is 0. The SMILES string of the molecule is COCO[C@@H]1[C@@H]2[C@@]3(C)CC(=O)C(O)=C(C)[C@@H]3C[C@H]3OC(=O)[C@H](OC(=O)/C=C(\C)C(C)C)[C@H]4[C@](C(=O)OC)(OC[C@]234)[C@H]1OCOC. The van der Waals surface area contributed by atoms with Crippen molar-refractivity contribution in [2.75, 3.05) is 41.5 Å². The van der Waals surface area contributed by atoms with Crippen LogP contribution in [-0.2, 0) is 57.1 Å². The van der Waals surface area contributed by atoms with Crippen LogP contribution in [0.1, 0.15) is 47.5 Å². The van der Waals surface area contributed by atoms with E-state index in [4.69, 9.17) is 37.9 Å². The Balaban J connectivity index is 1.78. The van der Waals surface area contributed by atoms with Gasteiger partial charge in [-0.1, -0.05) is 26.3 Å². The van der Waals surface area contributed by atoms with Gasteiger partial charge in [0.2, 0.25) is 11.7 Å². The predicted octanol–water partition coefficient (Wildman–Crippen LogP) is 2.41. The maximum atomic E-state index is 14.1. The number of methoxy groups -OCH3 is 3. The summed E-state index contributed by atoms with van der Waals surface area (Å²) in [5, 5.41) is 10.8.